The third kappa shape index (κ3) is 3.41. The highest BCUT2D eigenvalue weighted by Gasteiger charge is 2.31. The Morgan fingerprint density at radius 3 is 2.93 bits per heavy atom. The number of aromatic nitrogens is 7. The average molecular weight is 408 g/mol. The Morgan fingerprint density at radius 1 is 1.31 bits per heavy atom. The molecular weight excluding hydrogens is 392 g/mol. The van der Waals surface area contributed by atoms with Gasteiger partial charge in [0.05, 0.1) is 30.2 Å². The minimum Gasteiger partial charge on any atom is -0.393 e. The number of aliphatic hydroxyl groups excluding tert-OH is 1. The zero-order valence-electron chi connectivity index (χ0n) is 15.1. The van der Waals surface area contributed by atoms with E-state index in [2.05, 4.69) is 35.6 Å². The molecule has 146 valence electrons. The number of nitrogens with one attached hydrogen (secondary N) is 2. The van der Waals surface area contributed by atoms with E-state index in [9.17, 15) is 9.90 Å². The largest absolute Gasteiger partial charge is 0.393 e. The zero-order chi connectivity index (χ0) is 19.8. The van der Waals surface area contributed by atoms with Gasteiger partial charge in [-0.25, -0.2) is 4.98 Å². The van der Waals surface area contributed by atoms with E-state index in [1.54, 1.807) is 47.2 Å². The number of carbonyl (C=O) groups is 1. The van der Waals surface area contributed by atoms with Gasteiger partial charge < -0.3 is 10.4 Å². The molecule has 29 heavy (non-hydrogen) atoms. The maximum Gasteiger partial charge on any atom is 0.275 e. The van der Waals surface area contributed by atoms with Crippen molar-refractivity contribution < 1.29 is 9.90 Å². The minimum absolute atomic E-state index is 0.0954. The van der Waals surface area contributed by atoms with Crippen molar-refractivity contribution in [3.8, 4) is 22.0 Å². The molecule has 0 bridgehead atoms. The summed E-state index contributed by atoms with van der Waals surface area (Å²) < 4.78 is 1.77. The summed E-state index contributed by atoms with van der Waals surface area (Å²) in [6.45, 7) is 0. The Hall–Kier alpha value is -3.44. The summed E-state index contributed by atoms with van der Waals surface area (Å²) in [5.41, 5.74) is 2.74. The van der Waals surface area contributed by atoms with E-state index in [0.717, 1.165) is 5.56 Å². The van der Waals surface area contributed by atoms with Crippen LogP contribution in [-0.4, -0.2) is 52.0 Å². The molecule has 0 aromatic carbocycles. The Labute approximate surface area is 168 Å². The molecule has 1 saturated carbocycles. The molecule has 5 rings (SSSR count). The Kier molecular flexibility index (Phi) is 4.37. The van der Waals surface area contributed by atoms with E-state index in [0.29, 0.717) is 40.6 Å². The molecule has 0 aliphatic heterocycles. The fourth-order valence-electron chi connectivity index (χ4n) is 3.12. The number of carbonyl (C=O) groups excluding carboxylic acids is 1. The van der Waals surface area contributed by atoms with Crippen molar-refractivity contribution >= 4 is 22.9 Å². The molecule has 4 aromatic rings. The summed E-state index contributed by atoms with van der Waals surface area (Å²) in [4.78, 5) is 25.6. The molecule has 4 aromatic heterocycles. The molecule has 3 N–H and O–H groups in total. The van der Waals surface area contributed by atoms with Crippen LogP contribution in [0.4, 0.5) is 5.69 Å². The highest BCUT2D eigenvalue weighted by molar-refractivity contribution is 7.13. The van der Waals surface area contributed by atoms with Gasteiger partial charge in [0.25, 0.3) is 5.91 Å². The first-order chi connectivity index (χ1) is 14.2. The lowest BCUT2D eigenvalue weighted by molar-refractivity contribution is 0.0435. The summed E-state index contributed by atoms with van der Waals surface area (Å²) in [6, 6.07) is 0.0954. The summed E-state index contributed by atoms with van der Waals surface area (Å²) in [5, 5.41) is 26.1. The second-order valence-corrected chi connectivity index (χ2v) is 7.58. The number of aromatic amines is 1. The number of aliphatic hydroxyl groups is 1. The van der Waals surface area contributed by atoms with Crippen LogP contribution in [0.3, 0.4) is 0 Å². The predicted molar refractivity (Wildman–Crippen MR) is 105 cm³/mol. The molecule has 1 aliphatic rings. The van der Waals surface area contributed by atoms with E-state index in [1.165, 1.54) is 11.3 Å². The Balaban J connectivity index is 1.43. The van der Waals surface area contributed by atoms with E-state index in [-0.39, 0.29) is 18.1 Å². The van der Waals surface area contributed by atoms with Crippen LogP contribution < -0.4 is 5.32 Å². The van der Waals surface area contributed by atoms with Gasteiger partial charge in [-0.1, -0.05) is 0 Å². The maximum atomic E-state index is 12.8. The monoisotopic (exact) mass is 408 g/mol. The van der Waals surface area contributed by atoms with Gasteiger partial charge in [-0.15, -0.1) is 11.3 Å². The van der Waals surface area contributed by atoms with Gasteiger partial charge in [0.1, 0.15) is 22.1 Å². The lowest BCUT2D eigenvalue weighted by Crippen LogP contribution is -2.31. The minimum atomic E-state index is -0.339. The highest BCUT2D eigenvalue weighted by atomic mass is 32.1. The van der Waals surface area contributed by atoms with Crippen LogP contribution in [0.25, 0.3) is 22.0 Å². The van der Waals surface area contributed by atoms with Crippen molar-refractivity contribution in [1.82, 2.24) is 34.9 Å². The number of rotatable bonds is 5. The quantitative estimate of drug-likeness (QED) is 0.460. The second kappa shape index (κ2) is 7.18. The number of hydrogen-bond acceptors (Lipinski definition) is 8. The summed E-state index contributed by atoms with van der Waals surface area (Å²) in [5.74, 6) is -0.339. The van der Waals surface area contributed by atoms with E-state index < -0.39 is 0 Å². The number of H-pyrrole nitrogens is 1. The molecule has 1 aliphatic carbocycles. The molecule has 1 fully saturated rings. The Morgan fingerprint density at radius 2 is 2.21 bits per heavy atom. The fourth-order valence-corrected chi connectivity index (χ4v) is 3.90. The van der Waals surface area contributed by atoms with Gasteiger partial charge in [-0.2, -0.15) is 10.2 Å². The molecule has 0 radical (unpaired) electrons. The SMILES string of the molecule is O=C(Nc1cn(C2CC(O)C2)nc1-c1cnccn1)c1csc(-c2cn[nH]c2)n1. The Bertz CT molecular complexity index is 1130. The molecular formula is C18H16N8O2S. The lowest BCUT2D eigenvalue weighted by Gasteiger charge is -2.31. The van der Waals surface area contributed by atoms with Crippen LogP contribution >= 0.6 is 11.3 Å². The van der Waals surface area contributed by atoms with E-state index in [1.807, 2.05) is 0 Å². The fraction of sp³-hybridized carbons (Fsp3) is 0.222. The van der Waals surface area contributed by atoms with Crippen LogP contribution in [0.2, 0.25) is 0 Å². The molecule has 0 unspecified atom stereocenters. The first-order valence-corrected chi connectivity index (χ1v) is 9.85. The van der Waals surface area contributed by atoms with Gasteiger partial charge >= 0.3 is 0 Å². The van der Waals surface area contributed by atoms with Crippen LogP contribution in [0.1, 0.15) is 29.4 Å². The zero-order valence-corrected chi connectivity index (χ0v) is 15.9. The van der Waals surface area contributed by atoms with Gasteiger partial charge in [0.15, 0.2) is 0 Å². The van der Waals surface area contributed by atoms with Crippen LogP contribution in [0, 0.1) is 0 Å². The van der Waals surface area contributed by atoms with Gasteiger partial charge in [-0.3, -0.25) is 24.5 Å². The molecule has 11 heteroatoms. The summed E-state index contributed by atoms with van der Waals surface area (Å²) in [7, 11) is 0. The third-order valence-electron chi connectivity index (χ3n) is 4.73. The van der Waals surface area contributed by atoms with Crippen LogP contribution in [0.15, 0.2) is 42.6 Å². The molecule has 1 amide bonds. The highest BCUT2D eigenvalue weighted by Crippen LogP contribution is 2.35. The molecule has 0 atom stereocenters. The van der Waals surface area contributed by atoms with Crippen molar-refractivity contribution in [3.05, 3.63) is 48.3 Å². The lowest BCUT2D eigenvalue weighted by atomic mass is 9.90. The smallest absolute Gasteiger partial charge is 0.275 e. The number of amides is 1. The first kappa shape index (κ1) is 17.6. The maximum absolute atomic E-state index is 12.8. The number of nitrogens with zero attached hydrogens (tertiary/aromatic N) is 6. The number of hydrogen-bond donors (Lipinski definition) is 3. The van der Waals surface area contributed by atoms with Crippen molar-refractivity contribution in [2.45, 2.75) is 25.0 Å². The predicted octanol–water partition coefficient (Wildman–Crippen LogP) is 2.13. The first-order valence-electron chi connectivity index (χ1n) is 8.97. The standard InChI is InChI=1S/C18H16N8O2S/c27-12-3-11(4-12)26-8-14(16(25-26)13-7-19-1-2-20-13)23-17(28)15-9-29-18(24-15)10-5-21-22-6-10/h1-2,5-9,11-12,27H,3-4H2,(H,21,22)(H,23,28). The molecule has 4 heterocycles. The molecule has 10 nitrogen and oxygen atoms in total. The topological polar surface area (TPSA) is 134 Å². The van der Waals surface area contributed by atoms with Crippen molar-refractivity contribution in [2.75, 3.05) is 5.32 Å². The van der Waals surface area contributed by atoms with Crippen molar-refractivity contribution in [3.63, 3.8) is 0 Å². The van der Waals surface area contributed by atoms with E-state index in [4.69, 9.17) is 0 Å². The molecule has 0 spiro atoms. The molecule has 0 saturated heterocycles. The van der Waals surface area contributed by atoms with Crippen molar-refractivity contribution in [1.29, 1.82) is 0 Å². The number of thiazole rings is 1. The van der Waals surface area contributed by atoms with Gasteiger partial charge in [0.2, 0.25) is 0 Å². The summed E-state index contributed by atoms with van der Waals surface area (Å²) in [6.07, 6.45) is 10.9. The van der Waals surface area contributed by atoms with Crippen LogP contribution in [0.5, 0.6) is 0 Å². The normalized spacial score (nSPS) is 18.4. The third-order valence-corrected chi connectivity index (χ3v) is 5.62. The number of anilines is 1. The van der Waals surface area contributed by atoms with Gasteiger partial charge in [0, 0.05) is 35.7 Å². The second-order valence-electron chi connectivity index (χ2n) is 6.72. The average Bonchev–Trinajstić information content (AvgIpc) is 3.45. The van der Waals surface area contributed by atoms with Crippen molar-refractivity contribution in [2.24, 2.45) is 0 Å². The van der Waals surface area contributed by atoms with Crippen LogP contribution in [-0.2, 0) is 0 Å². The van der Waals surface area contributed by atoms with Gasteiger partial charge in [-0.05, 0) is 12.8 Å². The van der Waals surface area contributed by atoms with E-state index >= 15 is 0 Å². The summed E-state index contributed by atoms with van der Waals surface area (Å²) >= 11 is 1.37.